The highest BCUT2D eigenvalue weighted by Gasteiger charge is 2.21. The molecule has 0 aliphatic rings. The zero-order valence-electron chi connectivity index (χ0n) is 29.6. The van der Waals surface area contributed by atoms with E-state index in [9.17, 15) is 0 Å². The van der Waals surface area contributed by atoms with E-state index in [2.05, 4.69) is 151 Å². The van der Waals surface area contributed by atoms with Crippen LogP contribution < -0.4 is 9.64 Å². The topological polar surface area (TPSA) is 42.7 Å². The van der Waals surface area contributed by atoms with E-state index in [0.29, 0.717) is 17.7 Å². The number of hydrogen-bond acceptors (Lipinski definition) is 4. The van der Waals surface area contributed by atoms with Crippen LogP contribution in [0.1, 0.15) is 38.8 Å². The van der Waals surface area contributed by atoms with Gasteiger partial charge in [0.15, 0.2) is 0 Å². The highest BCUT2D eigenvalue weighted by Crippen LogP contribution is 2.41. The van der Waals surface area contributed by atoms with E-state index in [-0.39, 0.29) is 0 Å². The zero-order chi connectivity index (χ0) is 34.9. The molecule has 0 spiro atoms. The number of ether oxygens (including phenoxy) is 1. The SMILES string of the molecule is CC(C)Cc1cccc(CC(C)C)c1-c1cnc2c3cc(N(c4ccccc4)c4cccc(Oc5ccccn5)c4)ccc3c3ccccc3n12. The smallest absolute Gasteiger partial charge is 0.219 e. The normalized spacial score (nSPS) is 11.6. The second-order valence-electron chi connectivity index (χ2n) is 14.1. The van der Waals surface area contributed by atoms with E-state index >= 15 is 0 Å². The molecule has 0 saturated carbocycles. The fraction of sp³-hybridized carbons (Fsp3) is 0.174. The number of hydrogen-bond donors (Lipinski definition) is 0. The third kappa shape index (κ3) is 6.32. The molecule has 8 aromatic rings. The first-order valence-corrected chi connectivity index (χ1v) is 17.9. The molecule has 0 atom stereocenters. The van der Waals surface area contributed by atoms with Crippen molar-refractivity contribution in [2.75, 3.05) is 4.90 Å². The van der Waals surface area contributed by atoms with Crippen LogP contribution in [0.15, 0.2) is 146 Å². The summed E-state index contributed by atoms with van der Waals surface area (Å²) in [5.74, 6) is 2.35. The molecule has 51 heavy (non-hydrogen) atoms. The van der Waals surface area contributed by atoms with Gasteiger partial charge in [-0.25, -0.2) is 9.97 Å². The molecule has 0 saturated heterocycles. The van der Waals surface area contributed by atoms with E-state index in [1.54, 1.807) is 6.20 Å². The van der Waals surface area contributed by atoms with Crippen molar-refractivity contribution in [1.29, 1.82) is 0 Å². The van der Waals surface area contributed by atoms with Crippen molar-refractivity contribution in [3.63, 3.8) is 0 Å². The first-order valence-electron chi connectivity index (χ1n) is 17.9. The highest BCUT2D eigenvalue weighted by molar-refractivity contribution is 6.13. The average Bonchev–Trinajstić information content (AvgIpc) is 3.58. The van der Waals surface area contributed by atoms with E-state index < -0.39 is 0 Å². The third-order valence-electron chi connectivity index (χ3n) is 9.40. The molecule has 5 aromatic carbocycles. The lowest BCUT2D eigenvalue weighted by molar-refractivity contribution is 0.463. The number of pyridine rings is 2. The molecule has 5 nitrogen and oxygen atoms in total. The Hall–Kier alpha value is -5.94. The molecule has 8 rings (SSSR count). The molecular formula is C46H42N4O. The monoisotopic (exact) mass is 666 g/mol. The summed E-state index contributed by atoms with van der Waals surface area (Å²) in [4.78, 5) is 11.9. The van der Waals surface area contributed by atoms with Gasteiger partial charge in [0.2, 0.25) is 5.88 Å². The van der Waals surface area contributed by atoms with Crippen LogP contribution in [0.5, 0.6) is 11.6 Å². The Kier molecular flexibility index (Phi) is 8.71. The molecule has 3 aromatic heterocycles. The lowest BCUT2D eigenvalue weighted by Gasteiger charge is -2.26. The van der Waals surface area contributed by atoms with Gasteiger partial charge in [0.25, 0.3) is 0 Å². The molecule has 3 heterocycles. The van der Waals surface area contributed by atoms with Gasteiger partial charge in [-0.15, -0.1) is 0 Å². The molecule has 0 bridgehead atoms. The Morgan fingerprint density at radius 1 is 0.588 bits per heavy atom. The summed E-state index contributed by atoms with van der Waals surface area (Å²) < 4.78 is 8.58. The van der Waals surface area contributed by atoms with Crippen molar-refractivity contribution in [2.45, 2.75) is 40.5 Å². The summed E-state index contributed by atoms with van der Waals surface area (Å²) in [6.45, 7) is 9.21. The van der Waals surface area contributed by atoms with Crippen LogP contribution in [0, 0.1) is 11.8 Å². The minimum atomic E-state index is 0.536. The Bertz CT molecular complexity index is 2440. The number of para-hydroxylation sites is 2. The number of fused-ring (bicyclic) bond motifs is 6. The minimum absolute atomic E-state index is 0.536. The largest absolute Gasteiger partial charge is 0.439 e. The van der Waals surface area contributed by atoms with Gasteiger partial charge in [-0.2, -0.15) is 0 Å². The summed E-state index contributed by atoms with van der Waals surface area (Å²) in [5.41, 5.74) is 10.4. The summed E-state index contributed by atoms with van der Waals surface area (Å²) in [6, 6.07) is 46.7. The van der Waals surface area contributed by atoms with Gasteiger partial charge in [0.1, 0.15) is 11.4 Å². The third-order valence-corrected chi connectivity index (χ3v) is 9.40. The van der Waals surface area contributed by atoms with E-state index in [0.717, 1.165) is 57.9 Å². The van der Waals surface area contributed by atoms with Crippen LogP contribution in [0.4, 0.5) is 17.1 Å². The van der Waals surface area contributed by atoms with Crippen molar-refractivity contribution >= 4 is 44.4 Å². The number of rotatable bonds is 10. The van der Waals surface area contributed by atoms with Gasteiger partial charge in [0, 0.05) is 51.7 Å². The van der Waals surface area contributed by atoms with Crippen molar-refractivity contribution in [2.24, 2.45) is 11.8 Å². The van der Waals surface area contributed by atoms with Crippen LogP contribution >= 0.6 is 0 Å². The van der Waals surface area contributed by atoms with Gasteiger partial charge >= 0.3 is 0 Å². The highest BCUT2D eigenvalue weighted by atomic mass is 16.5. The second kappa shape index (κ2) is 13.8. The molecule has 252 valence electrons. The number of aromatic nitrogens is 3. The Morgan fingerprint density at radius 3 is 2.02 bits per heavy atom. The van der Waals surface area contributed by atoms with Gasteiger partial charge in [-0.05, 0) is 89.7 Å². The van der Waals surface area contributed by atoms with Crippen molar-refractivity contribution in [3.05, 3.63) is 157 Å². The predicted molar refractivity (Wildman–Crippen MR) is 212 cm³/mol. The Balaban J connectivity index is 1.35. The fourth-order valence-electron chi connectivity index (χ4n) is 7.39. The number of nitrogens with zero attached hydrogens (tertiary/aromatic N) is 4. The lowest BCUT2D eigenvalue weighted by atomic mass is 9.89. The maximum absolute atomic E-state index is 6.18. The van der Waals surface area contributed by atoms with Crippen LogP contribution in [0.2, 0.25) is 0 Å². The number of imidazole rings is 1. The maximum atomic E-state index is 6.18. The van der Waals surface area contributed by atoms with Gasteiger partial charge < -0.3 is 9.64 Å². The number of anilines is 3. The average molecular weight is 667 g/mol. The molecule has 0 aliphatic carbocycles. The fourth-order valence-corrected chi connectivity index (χ4v) is 7.39. The molecule has 0 radical (unpaired) electrons. The van der Waals surface area contributed by atoms with E-state index in [1.165, 1.54) is 27.5 Å². The summed E-state index contributed by atoms with van der Waals surface area (Å²) >= 11 is 0. The summed E-state index contributed by atoms with van der Waals surface area (Å²) in [7, 11) is 0. The van der Waals surface area contributed by atoms with Crippen LogP contribution in [0.3, 0.4) is 0 Å². The van der Waals surface area contributed by atoms with Gasteiger partial charge in [-0.3, -0.25) is 4.40 Å². The van der Waals surface area contributed by atoms with Gasteiger partial charge in [0.05, 0.1) is 17.4 Å². The van der Waals surface area contributed by atoms with E-state index in [4.69, 9.17) is 9.72 Å². The second-order valence-corrected chi connectivity index (χ2v) is 14.1. The molecule has 0 fully saturated rings. The van der Waals surface area contributed by atoms with Crippen LogP contribution in [-0.2, 0) is 12.8 Å². The quantitative estimate of drug-likeness (QED) is 0.136. The first-order chi connectivity index (χ1) is 24.9. The molecule has 0 unspecified atom stereocenters. The Labute approximate surface area is 299 Å². The predicted octanol–water partition coefficient (Wildman–Crippen LogP) is 12.4. The Morgan fingerprint density at radius 2 is 1.27 bits per heavy atom. The molecular weight excluding hydrogens is 625 g/mol. The summed E-state index contributed by atoms with van der Waals surface area (Å²) in [5, 5.41) is 3.48. The number of benzene rings is 5. The molecule has 0 aliphatic heterocycles. The lowest BCUT2D eigenvalue weighted by Crippen LogP contribution is -2.10. The molecule has 5 heteroatoms. The van der Waals surface area contributed by atoms with E-state index in [1.807, 2.05) is 30.3 Å². The van der Waals surface area contributed by atoms with Crippen molar-refractivity contribution < 1.29 is 4.74 Å². The minimum Gasteiger partial charge on any atom is -0.439 e. The zero-order valence-corrected chi connectivity index (χ0v) is 29.6. The van der Waals surface area contributed by atoms with Gasteiger partial charge in [-0.1, -0.05) is 100 Å². The standard InChI is InChI=1S/C46H42N4O/c1-31(2)26-33-14-12-15-34(27-32(3)4)45(33)43-30-48-46-41-29-37(23-24-39(41)40-20-8-9-21-42(40)50(43)46)49(35-16-6-5-7-17-35)36-18-13-19-38(28-36)51-44-22-10-11-25-47-44/h5-25,28-32H,26-27H2,1-4H3. The molecule has 0 N–H and O–H groups in total. The van der Waals surface area contributed by atoms with Crippen molar-refractivity contribution in [3.8, 4) is 22.9 Å². The van der Waals surface area contributed by atoms with Crippen LogP contribution in [-0.4, -0.2) is 14.4 Å². The van der Waals surface area contributed by atoms with Crippen LogP contribution in [0.25, 0.3) is 38.6 Å². The van der Waals surface area contributed by atoms with Crippen molar-refractivity contribution in [1.82, 2.24) is 14.4 Å². The first kappa shape index (κ1) is 32.3. The maximum Gasteiger partial charge on any atom is 0.219 e. The summed E-state index contributed by atoms with van der Waals surface area (Å²) in [6.07, 6.45) is 5.87. The molecule has 0 amide bonds.